The predicted octanol–water partition coefficient (Wildman–Crippen LogP) is -1.60. The van der Waals surface area contributed by atoms with Gasteiger partial charge in [-0.1, -0.05) is 5.09 Å². The molecule has 6 atom stereocenters. The molecule has 0 aromatic carbocycles. The summed E-state index contributed by atoms with van der Waals surface area (Å²) < 4.78 is 27.9. The number of carbonyl (C=O) groups excluding carboxylic acids is 1. The number of aliphatic hydroxyl groups is 1. The number of rotatable bonds is 6. The van der Waals surface area contributed by atoms with Crippen molar-refractivity contribution < 1.29 is 28.5 Å². The number of esters is 1. The largest absolute Gasteiger partial charge is 0.614 e. The van der Waals surface area contributed by atoms with Gasteiger partial charge in [-0.25, -0.2) is 4.79 Å². The normalized spacial score (nSPS) is 27.8. The molecule has 2 heterocycles. The molecule has 2 rings (SSSR count). The number of ether oxygens (including phenoxy) is 2. The molecule has 0 radical (unpaired) electrons. The van der Waals surface area contributed by atoms with Crippen molar-refractivity contribution >= 4 is 14.1 Å². The third kappa shape index (κ3) is 4.35. The summed E-state index contributed by atoms with van der Waals surface area (Å²) in [7, 11) is -1.34. The third-order valence-corrected chi connectivity index (χ3v) is 4.53. The lowest BCUT2D eigenvalue weighted by Gasteiger charge is -2.15. The van der Waals surface area contributed by atoms with E-state index in [-0.39, 0.29) is 0 Å². The van der Waals surface area contributed by atoms with Crippen molar-refractivity contribution in [1.29, 1.82) is 0 Å². The molecule has 138 valence electrons. The number of nitrogens with zero attached hydrogens (tertiary/aromatic N) is 2. The summed E-state index contributed by atoms with van der Waals surface area (Å²) in [6.45, 7) is 2.97. The van der Waals surface area contributed by atoms with Crippen molar-refractivity contribution in [2.75, 3.05) is 7.11 Å². The van der Waals surface area contributed by atoms with Crippen LogP contribution >= 0.6 is 8.18 Å². The molecule has 1 unspecified atom stereocenters. The number of hydrogen-bond donors (Lipinski definition) is 3. The van der Waals surface area contributed by atoms with Gasteiger partial charge in [-0.2, -0.15) is 9.78 Å². The highest BCUT2D eigenvalue weighted by Crippen LogP contribution is 2.35. The van der Waals surface area contributed by atoms with Gasteiger partial charge in [0.05, 0.1) is 13.2 Å². The fourth-order valence-corrected chi connectivity index (χ4v) is 3.24. The van der Waals surface area contributed by atoms with Gasteiger partial charge in [-0.05, 0) is 18.4 Å². The van der Waals surface area contributed by atoms with Gasteiger partial charge in [0.15, 0.2) is 12.3 Å². The van der Waals surface area contributed by atoms with Crippen LogP contribution in [0.4, 0.5) is 0 Å². The summed E-state index contributed by atoms with van der Waals surface area (Å²) in [6, 6.07) is -0.886. The predicted molar refractivity (Wildman–Crippen MR) is 81.8 cm³/mol. The Balaban J connectivity index is 2.08. The summed E-state index contributed by atoms with van der Waals surface area (Å²) in [5.74, 6) is -0.634. The quantitative estimate of drug-likeness (QED) is 0.389. The van der Waals surface area contributed by atoms with E-state index < -0.39 is 56.0 Å². The van der Waals surface area contributed by atoms with Crippen molar-refractivity contribution in [2.24, 2.45) is 0 Å². The SMILES string of the molecule is COC(=O)[C@H](C)N[P+](=O)O[C@H]1[C@@H](O)[C@H](n2ncc(=O)[nH]c2=O)O[C@@H]1C. The number of aromatic nitrogens is 3. The second kappa shape index (κ2) is 7.93. The van der Waals surface area contributed by atoms with Crippen LogP contribution in [0.25, 0.3) is 0 Å². The van der Waals surface area contributed by atoms with Gasteiger partial charge in [0.25, 0.3) is 5.56 Å². The molecule has 1 fully saturated rings. The molecule has 12 nitrogen and oxygen atoms in total. The Morgan fingerprint density at radius 3 is 2.84 bits per heavy atom. The maximum atomic E-state index is 12.0. The molecule has 1 saturated heterocycles. The highest BCUT2D eigenvalue weighted by Gasteiger charge is 2.49. The van der Waals surface area contributed by atoms with Crippen LogP contribution in [-0.2, 0) is 23.4 Å². The number of aliphatic hydroxyl groups excluding tert-OH is 1. The van der Waals surface area contributed by atoms with Crippen LogP contribution in [0.5, 0.6) is 0 Å². The van der Waals surface area contributed by atoms with Crippen molar-refractivity contribution in [3.05, 3.63) is 27.0 Å². The van der Waals surface area contributed by atoms with Crippen LogP contribution in [0.3, 0.4) is 0 Å². The molecule has 0 saturated carbocycles. The Labute approximate surface area is 142 Å². The molecule has 25 heavy (non-hydrogen) atoms. The van der Waals surface area contributed by atoms with Crippen LogP contribution in [0, 0.1) is 0 Å². The van der Waals surface area contributed by atoms with Crippen molar-refractivity contribution in [3.63, 3.8) is 0 Å². The lowest BCUT2D eigenvalue weighted by atomic mass is 10.1. The Morgan fingerprint density at radius 2 is 2.24 bits per heavy atom. The molecular weight excluding hydrogens is 359 g/mol. The molecular formula is C12H18N4O8P+. The van der Waals surface area contributed by atoms with E-state index in [1.165, 1.54) is 21.0 Å². The van der Waals surface area contributed by atoms with Crippen LogP contribution < -0.4 is 16.3 Å². The van der Waals surface area contributed by atoms with Gasteiger partial charge >= 0.3 is 19.8 Å². The number of H-pyrrole nitrogens is 1. The number of carbonyl (C=O) groups is 1. The first-order chi connectivity index (χ1) is 11.7. The van der Waals surface area contributed by atoms with E-state index in [1.54, 1.807) is 0 Å². The minimum Gasteiger partial charge on any atom is -0.468 e. The summed E-state index contributed by atoms with van der Waals surface area (Å²) >= 11 is 0. The first-order valence-electron chi connectivity index (χ1n) is 7.24. The summed E-state index contributed by atoms with van der Waals surface area (Å²) in [6.07, 6.45) is -3.57. The van der Waals surface area contributed by atoms with E-state index in [0.29, 0.717) is 0 Å². The average molecular weight is 377 g/mol. The zero-order chi connectivity index (χ0) is 18.7. The third-order valence-electron chi connectivity index (χ3n) is 3.50. The van der Waals surface area contributed by atoms with Crippen LogP contribution in [0.15, 0.2) is 15.8 Å². The summed E-state index contributed by atoms with van der Waals surface area (Å²) in [5, 5.41) is 16.3. The zero-order valence-electron chi connectivity index (χ0n) is 13.6. The molecule has 0 spiro atoms. The van der Waals surface area contributed by atoms with Gasteiger partial charge in [0.1, 0.15) is 18.3 Å². The zero-order valence-corrected chi connectivity index (χ0v) is 14.5. The summed E-state index contributed by atoms with van der Waals surface area (Å²) in [4.78, 5) is 36.1. The Morgan fingerprint density at radius 1 is 1.56 bits per heavy atom. The number of hydrogen-bond acceptors (Lipinski definition) is 9. The first-order valence-corrected chi connectivity index (χ1v) is 8.42. The van der Waals surface area contributed by atoms with Gasteiger partial charge in [0.2, 0.25) is 0 Å². The molecule has 1 aromatic rings. The van der Waals surface area contributed by atoms with E-state index in [1.807, 2.05) is 4.98 Å². The smallest absolute Gasteiger partial charge is 0.468 e. The molecule has 13 heteroatoms. The second-order valence-corrected chi connectivity index (χ2v) is 6.29. The molecule has 1 aromatic heterocycles. The van der Waals surface area contributed by atoms with Gasteiger partial charge in [0, 0.05) is 0 Å². The molecule has 0 amide bonds. The first kappa shape index (κ1) is 19.3. The number of nitrogens with one attached hydrogen (secondary N) is 2. The fourth-order valence-electron chi connectivity index (χ4n) is 2.24. The van der Waals surface area contributed by atoms with E-state index in [4.69, 9.17) is 9.26 Å². The molecule has 1 aliphatic rings. The van der Waals surface area contributed by atoms with Crippen LogP contribution in [0.1, 0.15) is 20.1 Å². The van der Waals surface area contributed by atoms with E-state index in [9.17, 15) is 24.1 Å². The highest BCUT2D eigenvalue weighted by molar-refractivity contribution is 7.36. The van der Waals surface area contributed by atoms with Gasteiger partial charge in [-0.3, -0.25) is 14.6 Å². The fraction of sp³-hybridized carbons (Fsp3) is 0.667. The van der Waals surface area contributed by atoms with Gasteiger partial charge < -0.3 is 14.6 Å². The van der Waals surface area contributed by atoms with Crippen LogP contribution in [-0.4, -0.2) is 57.3 Å². The Bertz CT molecular complexity index is 764. The molecule has 1 aliphatic heterocycles. The average Bonchev–Trinajstić information content (AvgIpc) is 2.82. The maximum absolute atomic E-state index is 12.0. The maximum Gasteiger partial charge on any atom is 0.614 e. The minimum atomic E-state index is -2.53. The Hall–Kier alpha value is -1.98. The monoisotopic (exact) mass is 377 g/mol. The minimum absolute atomic E-state index is 0.634. The second-order valence-electron chi connectivity index (χ2n) is 5.31. The van der Waals surface area contributed by atoms with Gasteiger partial charge in [-0.15, -0.1) is 4.52 Å². The van der Waals surface area contributed by atoms with E-state index >= 15 is 0 Å². The van der Waals surface area contributed by atoms with Crippen molar-refractivity contribution in [2.45, 2.75) is 44.4 Å². The van der Waals surface area contributed by atoms with E-state index in [0.717, 1.165) is 10.9 Å². The lowest BCUT2D eigenvalue weighted by molar-refractivity contribution is -0.142. The topological polar surface area (TPSA) is 162 Å². The molecule has 0 bridgehead atoms. The van der Waals surface area contributed by atoms with Crippen molar-refractivity contribution in [3.8, 4) is 0 Å². The molecule has 3 N–H and O–H groups in total. The van der Waals surface area contributed by atoms with E-state index in [2.05, 4.69) is 14.9 Å². The summed E-state index contributed by atoms with van der Waals surface area (Å²) in [5.41, 5.74) is -1.56. The van der Waals surface area contributed by atoms with Crippen molar-refractivity contribution in [1.82, 2.24) is 19.9 Å². The molecule has 0 aliphatic carbocycles. The highest BCUT2D eigenvalue weighted by atomic mass is 31.1. The van der Waals surface area contributed by atoms with Crippen LogP contribution in [0.2, 0.25) is 0 Å². The number of aromatic amines is 1. The standard InChI is InChI=1S/C12H17N4O8P/c1-5(11(19)22-3)15-25(21)24-9-6(2)23-10(8(9)18)16-12(20)14-7(17)4-13-16/h4-6,8-10,18H,1-3H3,(H-,14,15,17,20,21)/p+1/t5-,6+,8+,9+,10+/m0/s1. The Kier molecular flexibility index (Phi) is 6.14. The number of methoxy groups -OCH3 is 1. The lowest BCUT2D eigenvalue weighted by Crippen LogP contribution is -2.40.